The van der Waals surface area contributed by atoms with Gasteiger partial charge in [-0.3, -0.25) is 4.79 Å². The van der Waals surface area contributed by atoms with Gasteiger partial charge in [0.2, 0.25) is 0 Å². The van der Waals surface area contributed by atoms with Crippen LogP contribution in [0.25, 0.3) is 0 Å². The maximum atomic E-state index is 12.9. The van der Waals surface area contributed by atoms with E-state index in [0.29, 0.717) is 18.7 Å². The largest absolute Gasteiger partial charge is 0.333 e. The lowest BCUT2D eigenvalue weighted by Gasteiger charge is -2.25. The summed E-state index contributed by atoms with van der Waals surface area (Å²) in [5.41, 5.74) is 3.59. The van der Waals surface area contributed by atoms with Crippen LogP contribution in [0.1, 0.15) is 23.6 Å². The molecule has 2 aromatic rings. The minimum Gasteiger partial charge on any atom is -0.333 e. The van der Waals surface area contributed by atoms with Gasteiger partial charge < -0.3 is 15.5 Å². The zero-order valence-electron chi connectivity index (χ0n) is 14.4. The van der Waals surface area contributed by atoms with E-state index in [1.165, 1.54) is 5.56 Å². The number of aryl methyl sites for hydroxylation is 1. The third-order valence-electron chi connectivity index (χ3n) is 4.89. The molecule has 0 aliphatic carbocycles. The SMILES string of the molecule is O=C1NC2=C(C(=O)N(CCCc3ccccc3)C2)[C@H](c2ccccc2)N1. The second-order valence-electron chi connectivity index (χ2n) is 6.65. The first-order chi connectivity index (χ1) is 12.7. The van der Waals surface area contributed by atoms with Crippen molar-refractivity contribution in [1.29, 1.82) is 0 Å². The van der Waals surface area contributed by atoms with Crippen LogP contribution >= 0.6 is 0 Å². The summed E-state index contributed by atoms with van der Waals surface area (Å²) < 4.78 is 0. The number of benzene rings is 2. The molecule has 5 nitrogen and oxygen atoms in total. The van der Waals surface area contributed by atoms with Crippen LogP contribution in [0.15, 0.2) is 71.9 Å². The third kappa shape index (κ3) is 3.20. The van der Waals surface area contributed by atoms with E-state index in [9.17, 15) is 9.59 Å². The van der Waals surface area contributed by atoms with Crippen LogP contribution in [-0.2, 0) is 11.2 Å². The number of hydrogen-bond acceptors (Lipinski definition) is 2. The van der Waals surface area contributed by atoms with Crippen LogP contribution in [0.5, 0.6) is 0 Å². The van der Waals surface area contributed by atoms with Crippen molar-refractivity contribution < 1.29 is 9.59 Å². The fraction of sp³-hybridized carbons (Fsp3) is 0.238. The molecule has 5 heteroatoms. The van der Waals surface area contributed by atoms with E-state index in [-0.39, 0.29) is 18.0 Å². The number of amides is 3. The van der Waals surface area contributed by atoms with Crippen LogP contribution in [0.3, 0.4) is 0 Å². The second kappa shape index (κ2) is 7.04. The van der Waals surface area contributed by atoms with Crippen molar-refractivity contribution in [2.75, 3.05) is 13.1 Å². The summed E-state index contributed by atoms with van der Waals surface area (Å²) in [7, 11) is 0. The summed E-state index contributed by atoms with van der Waals surface area (Å²) in [4.78, 5) is 26.8. The standard InChI is InChI=1S/C21H21N3O2/c25-20-18-17(14-24(20)13-7-10-15-8-3-1-4-9-15)22-21(26)23-19(18)16-11-5-2-6-12-16/h1-6,8-9,11-12,19H,7,10,13-14H2,(H2,22,23,26)/t19-/m0/s1. The summed E-state index contributed by atoms with van der Waals surface area (Å²) in [6.07, 6.45) is 1.83. The van der Waals surface area contributed by atoms with Crippen LogP contribution in [0, 0.1) is 0 Å². The molecular weight excluding hydrogens is 326 g/mol. The van der Waals surface area contributed by atoms with Crippen molar-refractivity contribution in [3.05, 3.63) is 83.1 Å². The number of rotatable bonds is 5. The fourth-order valence-electron chi connectivity index (χ4n) is 3.62. The number of carbonyl (C=O) groups is 2. The molecule has 2 aromatic carbocycles. The van der Waals surface area contributed by atoms with E-state index in [1.807, 2.05) is 53.4 Å². The molecule has 2 aliphatic heterocycles. The highest BCUT2D eigenvalue weighted by atomic mass is 16.2. The highest BCUT2D eigenvalue weighted by Crippen LogP contribution is 2.32. The van der Waals surface area contributed by atoms with Crippen molar-refractivity contribution in [2.24, 2.45) is 0 Å². The first-order valence-corrected chi connectivity index (χ1v) is 8.91. The Balaban J connectivity index is 1.46. The smallest absolute Gasteiger partial charge is 0.319 e. The molecule has 2 aliphatic rings. The molecule has 2 N–H and O–H groups in total. The molecule has 1 atom stereocenters. The third-order valence-corrected chi connectivity index (χ3v) is 4.89. The van der Waals surface area contributed by atoms with Gasteiger partial charge in [0.25, 0.3) is 5.91 Å². The monoisotopic (exact) mass is 347 g/mol. The Labute approximate surface area is 152 Å². The molecule has 4 rings (SSSR count). The lowest BCUT2D eigenvalue weighted by atomic mass is 9.96. The maximum Gasteiger partial charge on any atom is 0.319 e. The Kier molecular flexibility index (Phi) is 4.44. The number of carbonyl (C=O) groups excluding carboxylic acids is 2. The van der Waals surface area contributed by atoms with Crippen LogP contribution < -0.4 is 10.6 Å². The first-order valence-electron chi connectivity index (χ1n) is 8.91. The van der Waals surface area contributed by atoms with Gasteiger partial charge in [0.15, 0.2) is 0 Å². The average Bonchev–Trinajstić information content (AvgIpc) is 2.98. The van der Waals surface area contributed by atoms with Crippen molar-refractivity contribution in [1.82, 2.24) is 15.5 Å². The number of urea groups is 1. The van der Waals surface area contributed by atoms with Crippen LogP contribution in [0.4, 0.5) is 4.79 Å². The number of hydrogen-bond donors (Lipinski definition) is 2. The molecule has 132 valence electrons. The minimum absolute atomic E-state index is 0.00872. The van der Waals surface area contributed by atoms with E-state index >= 15 is 0 Å². The summed E-state index contributed by atoms with van der Waals surface area (Å²) in [6.45, 7) is 1.15. The number of nitrogens with zero attached hydrogens (tertiary/aromatic N) is 1. The molecule has 0 saturated heterocycles. The molecule has 0 spiro atoms. The zero-order chi connectivity index (χ0) is 17.9. The molecule has 0 unspecified atom stereocenters. The predicted molar refractivity (Wildman–Crippen MR) is 99.2 cm³/mol. The quantitative estimate of drug-likeness (QED) is 0.874. The first kappa shape index (κ1) is 16.4. The highest BCUT2D eigenvalue weighted by molar-refractivity contribution is 6.01. The molecule has 3 amide bonds. The molecule has 0 aromatic heterocycles. The molecule has 0 bridgehead atoms. The molecular formula is C21H21N3O2. The highest BCUT2D eigenvalue weighted by Gasteiger charge is 2.39. The average molecular weight is 347 g/mol. The van der Waals surface area contributed by atoms with Crippen molar-refractivity contribution >= 4 is 11.9 Å². The van der Waals surface area contributed by atoms with Gasteiger partial charge in [-0.25, -0.2) is 4.79 Å². The second-order valence-corrected chi connectivity index (χ2v) is 6.65. The summed E-state index contributed by atoms with van der Waals surface area (Å²) in [6, 6.07) is 19.3. The lowest BCUT2D eigenvalue weighted by Crippen LogP contribution is -2.44. The Morgan fingerprint density at radius 1 is 0.962 bits per heavy atom. The molecule has 26 heavy (non-hydrogen) atoms. The van der Waals surface area contributed by atoms with E-state index in [1.54, 1.807) is 0 Å². The molecule has 0 fully saturated rings. The van der Waals surface area contributed by atoms with E-state index < -0.39 is 0 Å². The Morgan fingerprint density at radius 2 is 1.65 bits per heavy atom. The Morgan fingerprint density at radius 3 is 2.38 bits per heavy atom. The van der Waals surface area contributed by atoms with Gasteiger partial charge in [0.05, 0.1) is 23.9 Å². The molecule has 2 heterocycles. The van der Waals surface area contributed by atoms with Gasteiger partial charge in [-0.05, 0) is 24.0 Å². The normalized spacial score (nSPS) is 19.2. The van der Waals surface area contributed by atoms with Gasteiger partial charge >= 0.3 is 6.03 Å². The van der Waals surface area contributed by atoms with E-state index in [2.05, 4.69) is 22.8 Å². The van der Waals surface area contributed by atoms with Crippen molar-refractivity contribution in [3.63, 3.8) is 0 Å². The van der Waals surface area contributed by atoms with Crippen LogP contribution in [0.2, 0.25) is 0 Å². The van der Waals surface area contributed by atoms with E-state index in [4.69, 9.17) is 0 Å². The van der Waals surface area contributed by atoms with Gasteiger partial charge in [-0.1, -0.05) is 60.7 Å². The van der Waals surface area contributed by atoms with Crippen molar-refractivity contribution in [3.8, 4) is 0 Å². The molecule has 0 radical (unpaired) electrons. The summed E-state index contributed by atoms with van der Waals surface area (Å²) in [5.74, 6) is 0.00872. The fourth-order valence-corrected chi connectivity index (χ4v) is 3.62. The Hall–Kier alpha value is -3.08. The molecule has 0 saturated carbocycles. The zero-order valence-corrected chi connectivity index (χ0v) is 14.4. The van der Waals surface area contributed by atoms with Gasteiger partial charge in [0.1, 0.15) is 0 Å². The topological polar surface area (TPSA) is 61.4 Å². The van der Waals surface area contributed by atoms with Crippen LogP contribution in [-0.4, -0.2) is 29.9 Å². The van der Waals surface area contributed by atoms with Crippen molar-refractivity contribution in [2.45, 2.75) is 18.9 Å². The van der Waals surface area contributed by atoms with E-state index in [0.717, 1.165) is 24.1 Å². The summed E-state index contributed by atoms with van der Waals surface area (Å²) in [5, 5.41) is 5.70. The summed E-state index contributed by atoms with van der Waals surface area (Å²) >= 11 is 0. The van der Waals surface area contributed by atoms with Gasteiger partial charge in [0, 0.05) is 6.54 Å². The lowest BCUT2D eigenvalue weighted by molar-refractivity contribution is -0.125. The minimum atomic E-state index is -0.383. The Bertz CT molecular complexity index is 846. The van der Waals surface area contributed by atoms with Gasteiger partial charge in [-0.15, -0.1) is 0 Å². The number of nitrogens with one attached hydrogen (secondary N) is 2. The maximum absolute atomic E-state index is 12.9. The predicted octanol–water partition coefficient (Wildman–Crippen LogP) is 2.77. The van der Waals surface area contributed by atoms with Gasteiger partial charge in [-0.2, -0.15) is 0 Å².